The monoisotopic (exact) mass is 423 g/mol. The number of ether oxygens (including phenoxy) is 5. The van der Waals surface area contributed by atoms with Crippen molar-refractivity contribution < 1.29 is 28.5 Å². The zero-order chi connectivity index (χ0) is 21.4. The van der Waals surface area contributed by atoms with Gasteiger partial charge in [0, 0.05) is 19.7 Å². The van der Waals surface area contributed by atoms with Gasteiger partial charge in [0.25, 0.3) is 0 Å². The van der Waals surface area contributed by atoms with Gasteiger partial charge in [-0.05, 0) is 48.7 Å². The molecule has 0 saturated carbocycles. The molecule has 162 valence electrons. The Kier molecular flexibility index (Phi) is 5.29. The molecule has 0 spiro atoms. The standard InChI is InChI=1S/C24H25NO6/c1-27-20-7-5-15(10-21(20)28-2)11-22-23(26)17-6-8-19-18(24(17)31-22)13-25(14-30-19)12-16-4-3-9-29-16/h5-8,10-11,16H,3-4,9,12-14H2,1-2H3. The van der Waals surface area contributed by atoms with Crippen molar-refractivity contribution in [3.8, 4) is 23.0 Å². The fourth-order valence-corrected chi connectivity index (χ4v) is 4.29. The van der Waals surface area contributed by atoms with Gasteiger partial charge in [-0.3, -0.25) is 9.69 Å². The molecule has 0 N–H and O–H groups in total. The lowest BCUT2D eigenvalue weighted by Gasteiger charge is -2.31. The molecule has 0 bridgehead atoms. The summed E-state index contributed by atoms with van der Waals surface area (Å²) < 4.78 is 28.4. The molecular formula is C24H25NO6. The van der Waals surface area contributed by atoms with Crippen LogP contribution in [0.15, 0.2) is 36.1 Å². The largest absolute Gasteiger partial charge is 0.493 e. The molecule has 0 aliphatic carbocycles. The number of hydrogen-bond acceptors (Lipinski definition) is 7. The number of rotatable bonds is 5. The first-order chi connectivity index (χ1) is 15.2. The second-order valence-electron chi connectivity index (χ2n) is 7.89. The maximum absolute atomic E-state index is 13.0. The summed E-state index contributed by atoms with van der Waals surface area (Å²) in [6, 6.07) is 9.11. The van der Waals surface area contributed by atoms with E-state index in [4.69, 9.17) is 23.7 Å². The van der Waals surface area contributed by atoms with E-state index in [2.05, 4.69) is 4.90 Å². The van der Waals surface area contributed by atoms with E-state index in [0.29, 0.717) is 36.1 Å². The lowest BCUT2D eigenvalue weighted by atomic mass is 10.0. The minimum atomic E-state index is -0.135. The smallest absolute Gasteiger partial charge is 0.231 e. The van der Waals surface area contributed by atoms with Crippen LogP contribution in [0, 0.1) is 0 Å². The van der Waals surface area contributed by atoms with Crippen molar-refractivity contribution in [3.05, 3.63) is 52.8 Å². The normalized spacial score (nSPS) is 21.4. The molecule has 3 aliphatic rings. The number of nitrogens with zero attached hydrogens (tertiary/aromatic N) is 1. The van der Waals surface area contributed by atoms with E-state index in [9.17, 15) is 4.79 Å². The summed E-state index contributed by atoms with van der Waals surface area (Å²) in [5.74, 6) is 2.73. The summed E-state index contributed by atoms with van der Waals surface area (Å²) in [5, 5.41) is 0. The lowest BCUT2D eigenvalue weighted by Crippen LogP contribution is -2.37. The Morgan fingerprint density at radius 3 is 2.81 bits per heavy atom. The van der Waals surface area contributed by atoms with Crippen molar-refractivity contribution in [2.24, 2.45) is 0 Å². The van der Waals surface area contributed by atoms with Gasteiger partial charge in [-0.25, -0.2) is 0 Å². The number of carbonyl (C=O) groups excluding carboxylic acids is 1. The Balaban J connectivity index is 1.40. The van der Waals surface area contributed by atoms with E-state index in [1.54, 1.807) is 32.4 Å². The van der Waals surface area contributed by atoms with E-state index in [1.165, 1.54) is 0 Å². The van der Waals surface area contributed by atoms with E-state index < -0.39 is 0 Å². The molecule has 7 heteroatoms. The predicted molar refractivity (Wildman–Crippen MR) is 114 cm³/mol. The van der Waals surface area contributed by atoms with E-state index in [-0.39, 0.29) is 17.6 Å². The molecule has 1 fully saturated rings. The fraction of sp³-hybridized carbons (Fsp3) is 0.375. The molecule has 7 nitrogen and oxygen atoms in total. The second-order valence-corrected chi connectivity index (χ2v) is 7.89. The molecule has 1 unspecified atom stereocenters. The third-order valence-electron chi connectivity index (χ3n) is 5.87. The summed E-state index contributed by atoms with van der Waals surface area (Å²) in [6.07, 6.45) is 4.14. The molecule has 2 aromatic rings. The first-order valence-electron chi connectivity index (χ1n) is 10.4. The van der Waals surface area contributed by atoms with Crippen LogP contribution < -0.4 is 18.9 Å². The first-order valence-corrected chi connectivity index (χ1v) is 10.4. The Hall–Kier alpha value is -3.03. The fourth-order valence-electron chi connectivity index (χ4n) is 4.29. The number of ketones is 1. The van der Waals surface area contributed by atoms with Crippen molar-refractivity contribution in [2.45, 2.75) is 25.5 Å². The number of carbonyl (C=O) groups is 1. The minimum absolute atomic E-state index is 0.135. The third-order valence-corrected chi connectivity index (χ3v) is 5.87. The number of methoxy groups -OCH3 is 2. The van der Waals surface area contributed by atoms with Crippen molar-refractivity contribution >= 4 is 11.9 Å². The van der Waals surface area contributed by atoms with E-state index in [0.717, 1.165) is 42.9 Å². The Morgan fingerprint density at radius 1 is 1.16 bits per heavy atom. The van der Waals surface area contributed by atoms with Crippen LogP contribution in [0.3, 0.4) is 0 Å². The van der Waals surface area contributed by atoms with Crippen LogP contribution in [0.4, 0.5) is 0 Å². The van der Waals surface area contributed by atoms with Crippen molar-refractivity contribution in [1.29, 1.82) is 0 Å². The van der Waals surface area contributed by atoms with E-state index in [1.807, 2.05) is 18.2 Å². The van der Waals surface area contributed by atoms with Crippen LogP contribution in [-0.2, 0) is 11.3 Å². The van der Waals surface area contributed by atoms with Gasteiger partial charge < -0.3 is 23.7 Å². The van der Waals surface area contributed by atoms with Crippen LogP contribution in [0.5, 0.6) is 23.0 Å². The molecule has 3 aliphatic heterocycles. The van der Waals surface area contributed by atoms with Crippen molar-refractivity contribution in [2.75, 3.05) is 34.1 Å². The number of Topliss-reactive ketones (excluding diaryl/α,β-unsaturated/α-hetero) is 1. The summed E-state index contributed by atoms with van der Waals surface area (Å²) in [4.78, 5) is 15.2. The number of allylic oxidation sites excluding steroid dienone is 1. The maximum Gasteiger partial charge on any atom is 0.231 e. The number of fused-ring (bicyclic) bond motifs is 3. The summed E-state index contributed by atoms with van der Waals surface area (Å²) >= 11 is 0. The predicted octanol–water partition coefficient (Wildman–Crippen LogP) is 3.65. The highest BCUT2D eigenvalue weighted by Gasteiger charge is 2.34. The SMILES string of the molecule is COc1ccc(C=C2Oc3c(ccc4c3CN(CC3CCCO3)CO4)C2=O)cc1OC. The third kappa shape index (κ3) is 3.75. The molecule has 0 amide bonds. The van der Waals surface area contributed by atoms with Gasteiger partial charge >= 0.3 is 0 Å². The summed E-state index contributed by atoms with van der Waals surface area (Å²) in [6.45, 7) is 2.81. The van der Waals surface area contributed by atoms with E-state index >= 15 is 0 Å². The van der Waals surface area contributed by atoms with Gasteiger partial charge in [0.1, 0.15) is 18.2 Å². The number of hydrogen-bond donors (Lipinski definition) is 0. The lowest BCUT2D eigenvalue weighted by molar-refractivity contribution is 0.0274. The molecule has 0 radical (unpaired) electrons. The second kappa shape index (κ2) is 8.24. The minimum Gasteiger partial charge on any atom is -0.493 e. The van der Waals surface area contributed by atoms with Gasteiger partial charge in [-0.15, -0.1) is 0 Å². The molecular weight excluding hydrogens is 398 g/mol. The summed E-state index contributed by atoms with van der Waals surface area (Å²) in [5.41, 5.74) is 2.26. The van der Waals surface area contributed by atoms with Crippen molar-refractivity contribution in [3.63, 3.8) is 0 Å². The number of benzene rings is 2. The van der Waals surface area contributed by atoms with Gasteiger partial charge in [0.2, 0.25) is 5.78 Å². The van der Waals surface area contributed by atoms with Gasteiger partial charge in [0.15, 0.2) is 17.3 Å². The Morgan fingerprint density at radius 2 is 2.03 bits per heavy atom. The highest BCUT2D eigenvalue weighted by molar-refractivity contribution is 6.15. The van der Waals surface area contributed by atoms with Crippen LogP contribution in [0.2, 0.25) is 0 Å². The van der Waals surface area contributed by atoms with Crippen molar-refractivity contribution in [1.82, 2.24) is 4.90 Å². The highest BCUT2D eigenvalue weighted by atomic mass is 16.5. The molecule has 31 heavy (non-hydrogen) atoms. The Labute approximate surface area is 181 Å². The molecule has 2 aromatic carbocycles. The Bertz CT molecular complexity index is 1040. The quantitative estimate of drug-likeness (QED) is 0.680. The van der Waals surface area contributed by atoms with Crippen LogP contribution in [0.25, 0.3) is 6.08 Å². The molecule has 1 saturated heterocycles. The maximum atomic E-state index is 13.0. The zero-order valence-corrected chi connectivity index (χ0v) is 17.7. The molecule has 0 aromatic heterocycles. The molecule has 3 heterocycles. The van der Waals surface area contributed by atoms with Crippen LogP contribution in [0.1, 0.15) is 34.3 Å². The average molecular weight is 423 g/mol. The molecule has 1 atom stereocenters. The topological polar surface area (TPSA) is 66.5 Å². The highest BCUT2D eigenvalue weighted by Crippen LogP contribution is 2.42. The van der Waals surface area contributed by atoms with Crippen LogP contribution >= 0.6 is 0 Å². The van der Waals surface area contributed by atoms with Gasteiger partial charge in [-0.1, -0.05) is 6.07 Å². The first kappa shape index (κ1) is 19.9. The summed E-state index contributed by atoms with van der Waals surface area (Å²) in [7, 11) is 3.17. The average Bonchev–Trinajstić information content (AvgIpc) is 3.42. The van der Waals surface area contributed by atoms with Crippen LogP contribution in [-0.4, -0.2) is 50.9 Å². The van der Waals surface area contributed by atoms with Gasteiger partial charge in [-0.2, -0.15) is 0 Å². The van der Waals surface area contributed by atoms with Gasteiger partial charge in [0.05, 0.1) is 31.5 Å². The zero-order valence-electron chi connectivity index (χ0n) is 17.7. The molecule has 5 rings (SSSR count).